The van der Waals surface area contributed by atoms with Crippen molar-refractivity contribution in [2.45, 2.75) is 24.7 Å². The molecular weight excluding hydrogens is 408 g/mol. The molecule has 3 rings (SSSR count). The Morgan fingerprint density at radius 1 is 1.00 bits per heavy atom. The molecule has 0 aliphatic carbocycles. The second-order valence-electron chi connectivity index (χ2n) is 5.69. The number of imide groups is 1. The van der Waals surface area contributed by atoms with Crippen LogP contribution in [0.4, 0.5) is 11.4 Å². The van der Waals surface area contributed by atoms with Gasteiger partial charge in [0.25, 0.3) is 10.0 Å². The van der Waals surface area contributed by atoms with Crippen LogP contribution in [-0.4, -0.2) is 20.2 Å². The van der Waals surface area contributed by atoms with Crippen molar-refractivity contribution in [3.8, 4) is 0 Å². The molecule has 6 nitrogen and oxygen atoms in total. The van der Waals surface area contributed by atoms with E-state index in [9.17, 15) is 18.0 Å². The smallest absolute Gasteiger partial charge is 0.261 e. The number of aryl methyl sites for hydroxylation is 1. The predicted molar refractivity (Wildman–Crippen MR) is 97.9 cm³/mol. The summed E-state index contributed by atoms with van der Waals surface area (Å²) < 4.78 is 28.3. The molecule has 0 unspecified atom stereocenters. The molecule has 1 heterocycles. The maximum absolute atomic E-state index is 12.5. The van der Waals surface area contributed by atoms with Crippen LogP contribution in [0, 0.1) is 6.92 Å². The standard InChI is InChI=1S/C17H15BrN2O4S/c1-11-2-3-12(10-15(11)18)19-25(23,24)14-6-4-13(5-7-14)20-16(21)8-9-17(20)22/h2-7,10,19H,8-9H2,1H3. The van der Waals surface area contributed by atoms with Crippen LogP contribution in [0.2, 0.25) is 0 Å². The first-order valence-corrected chi connectivity index (χ1v) is 9.80. The highest BCUT2D eigenvalue weighted by atomic mass is 79.9. The van der Waals surface area contributed by atoms with Gasteiger partial charge in [0.15, 0.2) is 0 Å². The zero-order chi connectivity index (χ0) is 18.2. The van der Waals surface area contributed by atoms with Crippen LogP contribution in [0.25, 0.3) is 0 Å². The third kappa shape index (κ3) is 3.59. The number of nitrogens with zero attached hydrogens (tertiary/aromatic N) is 1. The van der Waals surface area contributed by atoms with Gasteiger partial charge >= 0.3 is 0 Å². The molecule has 0 spiro atoms. The molecule has 1 aliphatic heterocycles. The van der Waals surface area contributed by atoms with Gasteiger partial charge in [0.05, 0.1) is 10.6 Å². The molecule has 2 aromatic carbocycles. The summed E-state index contributed by atoms with van der Waals surface area (Å²) in [6.07, 6.45) is 0.367. The summed E-state index contributed by atoms with van der Waals surface area (Å²) in [7, 11) is -3.77. The van der Waals surface area contributed by atoms with Gasteiger partial charge in [-0.25, -0.2) is 8.42 Å². The monoisotopic (exact) mass is 422 g/mol. The lowest BCUT2D eigenvalue weighted by atomic mass is 10.2. The molecular formula is C17H15BrN2O4S. The van der Waals surface area contributed by atoms with E-state index in [1.54, 1.807) is 18.2 Å². The van der Waals surface area contributed by atoms with Crippen LogP contribution < -0.4 is 9.62 Å². The first-order valence-electron chi connectivity index (χ1n) is 7.53. The minimum absolute atomic E-state index is 0.0482. The molecule has 0 saturated carbocycles. The van der Waals surface area contributed by atoms with Crippen LogP contribution in [0.1, 0.15) is 18.4 Å². The van der Waals surface area contributed by atoms with E-state index in [1.807, 2.05) is 6.92 Å². The predicted octanol–water partition coefficient (Wildman–Crippen LogP) is 3.21. The summed E-state index contributed by atoms with van der Waals surface area (Å²) in [6.45, 7) is 1.90. The van der Waals surface area contributed by atoms with Crippen LogP contribution in [-0.2, 0) is 19.6 Å². The van der Waals surface area contributed by atoms with Crippen molar-refractivity contribution in [2.75, 3.05) is 9.62 Å². The number of anilines is 2. The normalized spacial score (nSPS) is 14.9. The SMILES string of the molecule is Cc1ccc(NS(=O)(=O)c2ccc(N3C(=O)CCC3=O)cc2)cc1Br. The van der Waals surface area contributed by atoms with Gasteiger partial charge in [0, 0.05) is 23.0 Å². The Labute approximate surface area is 154 Å². The molecule has 1 saturated heterocycles. The Bertz CT molecular complexity index is 939. The maximum Gasteiger partial charge on any atom is 0.261 e. The molecule has 8 heteroatoms. The average molecular weight is 423 g/mol. The Balaban J connectivity index is 1.84. The Kier molecular flexibility index (Phi) is 4.66. The van der Waals surface area contributed by atoms with E-state index in [2.05, 4.69) is 20.7 Å². The third-order valence-corrected chi connectivity index (χ3v) is 6.13. The van der Waals surface area contributed by atoms with E-state index in [0.29, 0.717) is 11.4 Å². The molecule has 0 radical (unpaired) electrons. The van der Waals surface area contributed by atoms with Gasteiger partial charge in [0.2, 0.25) is 11.8 Å². The molecule has 0 atom stereocenters. The molecule has 1 N–H and O–H groups in total. The number of rotatable bonds is 4. The molecule has 1 aliphatic rings. The number of hydrogen-bond acceptors (Lipinski definition) is 4. The van der Waals surface area contributed by atoms with Gasteiger partial charge in [-0.15, -0.1) is 0 Å². The minimum atomic E-state index is -3.77. The number of carbonyl (C=O) groups excluding carboxylic acids is 2. The fourth-order valence-corrected chi connectivity index (χ4v) is 3.94. The average Bonchev–Trinajstić information content (AvgIpc) is 2.90. The molecule has 2 amide bonds. The first-order chi connectivity index (χ1) is 11.8. The van der Waals surface area contributed by atoms with Gasteiger partial charge in [-0.1, -0.05) is 22.0 Å². The highest BCUT2D eigenvalue weighted by Gasteiger charge is 2.30. The zero-order valence-corrected chi connectivity index (χ0v) is 15.7. The van der Waals surface area contributed by atoms with E-state index in [1.165, 1.54) is 24.3 Å². The lowest BCUT2D eigenvalue weighted by molar-refractivity contribution is -0.121. The fourth-order valence-electron chi connectivity index (χ4n) is 2.51. The number of carbonyl (C=O) groups is 2. The molecule has 2 aromatic rings. The van der Waals surface area contributed by atoms with Crippen molar-refractivity contribution in [3.63, 3.8) is 0 Å². The molecule has 1 fully saturated rings. The molecule has 0 aromatic heterocycles. The van der Waals surface area contributed by atoms with Crippen molar-refractivity contribution < 1.29 is 18.0 Å². The molecule has 130 valence electrons. The summed E-state index contributed by atoms with van der Waals surface area (Å²) in [5, 5.41) is 0. The van der Waals surface area contributed by atoms with E-state index in [0.717, 1.165) is 14.9 Å². The third-order valence-electron chi connectivity index (χ3n) is 3.88. The minimum Gasteiger partial charge on any atom is -0.280 e. The number of amides is 2. The largest absolute Gasteiger partial charge is 0.280 e. The van der Waals surface area contributed by atoms with Gasteiger partial charge in [-0.2, -0.15) is 0 Å². The number of nitrogens with one attached hydrogen (secondary N) is 1. The zero-order valence-electron chi connectivity index (χ0n) is 13.3. The maximum atomic E-state index is 12.5. The lowest BCUT2D eigenvalue weighted by Gasteiger charge is -2.14. The Hall–Kier alpha value is -2.19. The van der Waals surface area contributed by atoms with Crippen molar-refractivity contribution in [1.82, 2.24) is 0 Å². The van der Waals surface area contributed by atoms with Gasteiger partial charge in [0.1, 0.15) is 0 Å². The summed E-state index contributed by atoms with van der Waals surface area (Å²) in [6, 6.07) is 10.8. The number of hydrogen-bond donors (Lipinski definition) is 1. The Morgan fingerprint density at radius 3 is 2.16 bits per heavy atom. The van der Waals surface area contributed by atoms with Gasteiger partial charge < -0.3 is 0 Å². The summed E-state index contributed by atoms with van der Waals surface area (Å²) in [5.74, 6) is -0.550. The van der Waals surface area contributed by atoms with E-state index >= 15 is 0 Å². The fraction of sp³-hybridized carbons (Fsp3) is 0.176. The van der Waals surface area contributed by atoms with Crippen LogP contribution in [0.15, 0.2) is 51.8 Å². The van der Waals surface area contributed by atoms with E-state index in [4.69, 9.17) is 0 Å². The molecule has 25 heavy (non-hydrogen) atoms. The topological polar surface area (TPSA) is 83.6 Å². The second-order valence-corrected chi connectivity index (χ2v) is 8.22. The van der Waals surface area contributed by atoms with E-state index < -0.39 is 10.0 Å². The van der Waals surface area contributed by atoms with Crippen molar-refractivity contribution in [1.29, 1.82) is 0 Å². The number of benzene rings is 2. The van der Waals surface area contributed by atoms with Crippen molar-refractivity contribution in [3.05, 3.63) is 52.5 Å². The van der Waals surface area contributed by atoms with Crippen LogP contribution in [0.3, 0.4) is 0 Å². The van der Waals surface area contributed by atoms with Crippen molar-refractivity contribution >= 4 is 49.1 Å². The lowest BCUT2D eigenvalue weighted by Crippen LogP contribution is -2.28. The highest BCUT2D eigenvalue weighted by Crippen LogP contribution is 2.26. The summed E-state index contributed by atoms with van der Waals surface area (Å²) >= 11 is 3.36. The second kappa shape index (κ2) is 6.61. The van der Waals surface area contributed by atoms with Crippen molar-refractivity contribution in [2.24, 2.45) is 0 Å². The quantitative estimate of drug-likeness (QED) is 0.766. The van der Waals surface area contributed by atoms with Gasteiger partial charge in [-0.3, -0.25) is 19.2 Å². The van der Waals surface area contributed by atoms with Gasteiger partial charge in [-0.05, 0) is 48.9 Å². The summed E-state index contributed by atoms with van der Waals surface area (Å²) in [5.41, 5.74) is 1.81. The first kappa shape index (κ1) is 17.6. The molecule has 0 bridgehead atoms. The number of sulfonamides is 1. The van der Waals surface area contributed by atoms with E-state index in [-0.39, 0.29) is 29.6 Å². The van der Waals surface area contributed by atoms with Crippen LogP contribution in [0.5, 0.6) is 0 Å². The highest BCUT2D eigenvalue weighted by molar-refractivity contribution is 9.10. The van der Waals surface area contributed by atoms with Crippen LogP contribution >= 0.6 is 15.9 Å². The Morgan fingerprint density at radius 2 is 1.60 bits per heavy atom. The summed E-state index contributed by atoms with van der Waals surface area (Å²) in [4.78, 5) is 24.6. The number of halogens is 1.